The van der Waals surface area contributed by atoms with Crippen LogP contribution in [0.5, 0.6) is 0 Å². The summed E-state index contributed by atoms with van der Waals surface area (Å²) in [5, 5.41) is 8.90. The zero-order valence-corrected chi connectivity index (χ0v) is 13.2. The smallest absolute Gasteiger partial charge is 0.217 e. The Bertz CT molecular complexity index is 922. The summed E-state index contributed by atoms with van der Waals surface area (Å²) < 4.78 is 8.78. The third kappa shape index (κ3) is 2.16. The number of aryl methyl sites for hydroxylation is 1. The Balaban J connectivity index is 1.69. The average Bonchev–Trinajstić information content (AvgIpc) is 3.19. The molecule has 0 atom stereocenters. The molecule has 6 nitrogen and oxygen atoms in total. The van der Waals surface area contributed by atoms with Gasteiger partial charge in [0.25, 0.3) is 0 Å². The third-order valence-corrected chi connectivity index (χ3v) is 5.27. The number of aromatic nitrogens is 4. The van der Waals surface area contributed by atoms with E-state index in [0.717, 1.165) is 25.9 Å². The molecule has 1 aromatic carbocycles. The van der Waals surface area contributed by atoms with Crippen LogP contribution in [0.4, 0.5) is 0 Å². The van der Waals surface area contributed by atoms with Crippen LogP contribution in [0, 0.1) is 6.92 Å². The summed E-state index contributed by atoms with van der Waals surface area (Å²) in [6.45, 7) is 1.87. The van der Waals surface area contributed by atoms with Crippen molar-refractivity contribution < 1.29 is 4.42 Å². The molecular weight excluding hydrogens is 318 g/mol. The fourth-order valence-corrected chi connectivity index (χ4v) is 4.04. The van der Waals surface area contributed by atoms with Crippen molar-refractivity contribution in [2.45, 2.75) is 16.4 Å². The molecule has 0 amide bonds. The lowest BCUT2D eigenvalue weighted by Crippen LogP contribution is -2.11. The normalized spacial score (nSPS) is 11.3. The fourth-order valence-electron chi connectivity index (χ4n) is 2.12. The van der Waals surface area contributed by atoms with Gasteiger partial charge in [0.15, 0.2) is 10.2 Å². The van der Waals surface area contributed by atoms with E-state index >= 15 is 0 Å². The van der Waals surface area contributed by atoms with Gasteiger partial charge >= 0.3 is 0 Å². The van der Waals surface area contributed by atoms with Crippen molar-refractivity contribution in [2.24, 2.45) is 0 Å². The van der Waals surface area contributed by atoms with Gasteiger partial charge in [-0.3, -0.25) is 0 Å². The number of thiazole rings is 1. The standard InChI is InChI=1S/C14H11N5OS2/c1-8-9(6-7-20-8)12-17-18-13(19(12)15)22-14-16-10-4-2-3-5-11(10)21-14/h2-7H,15H2,1H3. The van der Waals surface area contributed by atoms with E-state index in [-0.39, 0.29) is 0 Å². The maximum Gasteiger partial charge on any atom is 0.217 e. The number of rotatable bonds is 3. The van der Waals surface area contributed by atoms with Gasteiger partial charge in [0.2, 0.25) is 5.16 Å². The highest BCUT2D eigenvalue weighted by atomic mass is 32.2. The summed E-state index contributed by atoms with van der Waals surface area (Å²) in [4.78, 5) is 4.56. The molecule has 2 N–H and O–H groups in total. The van der Waals surface area contributed by atoms with Crippen LogP contribution in [-0.2, 0) is 0 Å². The van der Waals surface area contributed by atoms with Gasteiger partial charge in [0.05, 0.1) is 22.0 Å². The van der Waals surface area contributed by atoms with Gasteiger partial charge in [-0.1, -0.05) is 12.1 Å². The van der Waals surface area contributed by atoms with Gasteiger partial charge in [0, 0.05) is 0 Å². The molecule has 0 aliphatic heterocycles. The van der Waals surface area contributed by atoms with E-state index in [9.17, 15) is 0 Å². The number of furan rings is 1. The Labute approximate surface area is 134 Å². The van der Waals surface area contributed by atoms with Crippen LogP contribution >= 0.6 is 23.1 Å². The molecule has 3 aromatic heterocycles. The molecule has 0 bridgehead atoms. The number of nitrogens with zero attached hydrogens (tertiary/aromatic N) is 4. The van der Waals surface area contributed by atoms with Gasteiger partial charge in [0.1, 0.15) is 5.76 Å². The Hall–Kier alpha value is -2.32. The molecular formula is C14H11N5OS2. The van der Waals surface area contributed by atoms with Crippen molar-refractivity contribution in [1.29, 1.82) is 0 Å². The van der Waals surface area contributed by atoms with Crippen LogP contribution in [0.1, 0.15) is 5.76 Å². The zero-order chi connectivity index (χ0) is 15.1. The SMILES string of the molecule is Cc1occc1-c1nnc(Sc2nc3ccccc3s2)n1N. The molecule has 0 fully saturated rings. The lowest BCUT2D eigenvalue weighted by atomic mass is 10.2. The molecule has 0 unspecified atom stereocenters. The average molecular weight is 329 g/mol. The van der Waals surface area contributed by atoms with E-state index in [4.69, 9.17) is 10.3 Å². The number of benzene rings is 1. The van der Waals surface area contributed by atoms with Crippen LogP contribution in [0.2, 0.25) is 0 Å². The Kier molecular flexibility index (Phi) is 3.12. The van der Waals surface area contributed by atoms with Crippen LogP contribution < -0.4 is 5.84 Å². The third-order valence-electron chi connectivity index (χ3n) is 3.22. The van der Waals surface area contributed by atoms with Crippen molar-refractivity contribution >= 4 is 33.3 Å². The van der Waals surface area contributed by atoms with E-state index in [2.05, 4.69) is 15.2 Å². The van der Waals surface area contributed by atoms with Crippen LogP contribution in [0.15, 0.2) is 50.5 Å². The molecule has 4 aromatic rings. The molecule has 0 spiro atoms. The summed E-state index contributed by atoms with van der Waals surface area (Å²) in [6, 6.07) is 9.84. The van der Waals surface area contributed by atoms with Crippen molar-refractivity contribution in [3.8, 4) is 11.4 Å². The molecule has 4 rings (SSSR count). The first-order valence-electron chi connectivity index (χ1n) is 6.51. The van der Waals surface area contributed by atoms with Gasteiger partial charge in [-0.2, -0.15) is 0 Å². The van der Waals surface area contributed by atoms with Gasteiger partial charge < -0.3 is 10.3 Å². The number of nitrogens with two attached hydrogens (primary N) is 1. The van der Waals surface area contributed by atoms with Crippen molar-refractivity contribution in [2.75, 3.05) is 5.84 Å². The monoisotopic (exact) mass is 329 g/mol. The first kappa shape index (κ1) is 13.4. The van der Waals surface area contributed by atoms with Crippen LogP contribution in [0.3, 0.4) is 0 Å². The number of para-hydroxylation sites is 1. The molecule has 3 heterocycles. The number of nitrogen functional groups attached to an aromatic ring is 1. The van der Waals surface area contributed by atoms with Crippen LogP contribution in [-0.4, -0.2) is 19.9 Å². The molecule has 0 aliphatic carbocycles. The first-order chi connectivity index (χ1) is 10.7. The number of hydrogen-bond donors (Lipinski definition) is 1. The number of fused-ring (bicyclic) bond motifs is 1. The fraction of sp³-hybridized carbons (Fsp3) is 0.0714. The van der Waals surface area contributed by atoms with Gasteiger partial charge in [-0.05, 0) is 36.9 Å². The molecule has 0 saturated heterocycles. The topological polar surface area (TPSA) is 82.8 Å². The largest absolute Gasteiger partial charge is 0.469 e. The quantitative estimate of drug-likeness (QED) is 0.581. The highest BCUT2D eigenvalue weighted by molar-refractivity contribution is 8.01. The first-order valence-corrected chi connectivity index (χ1v) is 8.14. The Morgan fingerprint density at radius 2 is 2.09 bits per heavy atom. The molecule has 110 valence electrons. The summed E-state index contributed by atoms with van der Waals surface area (Å²) in [7, 11) is 0. The van der Waals surface area contributed by atoms with E-state index in [1.54, 1.807) is 17.6 Å². The van der Waals surface area contributed by atoms with E-state index in [0.29, 0.717) is 11.0 Å². The Morgan fingerprint density at radius 3 is 2.86 bits per heavy atom. The minimum Gasteiger partial charge on any atom is -0.469 e. The summed E-state index contributed by atoms with van der Waals surface area (Å²) in [6.07, 6.45) is 1.61. The maximum absolute atomic E-state index is 6.11. The summed E-state index contributed by atoms with van der Waals surface area (Å²) >= 11 is 3.01. The lowest BCUT2D eigenvalue weighted by Gasteiger charge is -2.00. The second-order valence-electron chi connectivity index (χ2n) is 4.62. The van der Waals surface area contributed by atoms with Crippen molar-refractivity contribution in [1.82, 2.24) is 19.9 Å². The molecule has 22 heavy (non-hydrogen) atoms. The maximum atomic E-state index is 6.11. The predicted octanol–water partition coefficient (Wildman–Crippen LogP) is 3.32. The van der Waals surface area contributed by atoms with Gasteiger partial charge in [-0.15, -0.1) is 21.5 Å². The van der Waals surface area contributed by atoms with Crippen molar-refractivity contribution in [3.63, 3.8) is 0 Å². The van der Waals surface area contributed by atoms with E-state index in [1.165, 1.54) is 16.4 Å². The molecule has 0 aliphatic rings. The van der Waals surface area contributed by atoms with E-state index < -0.39 is 0 Å². The highest BCUT2D eigenvalue weighted by Crippen LogP contribution is 2.34. The minimum absolute atomic E-state index is 0.579. The molecule has 0 saturated carbocycles. The summed E-state index contributed by atoms with van der Waals surface area (Å²) in [5.74, 6) is 7.45. The van der Waals surface area contributed by atoms with Crippen LogP contribution in [0.25, 0.3) is 21.6 Å². The number of hydrogen-bond acceptors (Lipinski definition) is 7. The van der Waals surface area contributed by atoms with Gasteiger partial charge in [-0.25, -0.2) is 9.66 Å². The highest BCUT2D eigenvalue weighted by Gasteiger charge is 2.17. The summed E-state index contributed by atoms with van der Waals surface area (Å²) in [5.41, 5.74) is 1.81. The molecule has 0 radical (unpaired) electrons. The van der Waals surface area contributed by atoms with Crippen molar-refractivity contribution in [3.05, 3.63) is 42.4 Å². The molecule has 8 heteroatoms. The zero-order valence-electron chi connectivity index (χ0n) is 11.6. The Morgan fingerprint density at radius 1 is 1.23 bits per heavy atom. The van der Waals surface area contributed by atoms with E-state index in [1.807, 2.05) is 37.3 Å². The second kappa shape index (κ2) is 5.15. The lowest BCUT2D eigenvalue weighted by molar-refractivity contribution is 0.535. The minimum atomic E-state index is 0.579. The predicted molar refractivity (Wildman–Crippen MR) is 86.4 cm³/mol. The second-order valence-corrected chi connectivity index (χ2v) is 6.86.